The van der Waals surface area contributed by atoms with Crippen molar-refractivity contribution in [1.29, 1.82) is 0 Å². The fraction of sp³-hybridized carbons (Fsp3) is 0.294. The maximum Gasteiger partial charge on any atom is 0.417 e. The molecule has 0 aliphatic carbocycles. The summed E-state index contributed by atoms with van der Waals surface area (Å²) in [4.78, 5) is 32.4. The number of ether oxygens (including phenoxy) is 1. The van der Waals surface area contributed by atoms with E-state index in [0.29, 0.717) is 12.3 Å². The summed E-state index contributed by atoms with van der Waals surface area (Å²) in [6.07, 6.45) is -2.48. The van der Waals surface area contributed by atoms with E-state index < -0.39 is 17.6 Å². The van der Waals surface area contributed by atoms with Gasteiger partial charge in [-0.05, 0) is 18.2 Å². The molecule has 0 bridgehead atoms. The summed E-state index contributed by atoms with van der Waals surface area (Å²) in [5, 5.41) is -0.308. The van der Waals surface area contributed by atoms with Gasteiger partial charge < -0.3 is 10.5 Å². The van der Waals surface area contributed by atoms with Crippen LogP contribution < -0.4 is 15.4 Å². The van der Waals surface area contributed by atoms with Crippen molar-refractivity contribution in [3.63, 3.8) is 0 Å². The van der Waals surface area contributed by atoms with Crippen LogP contribution in [0.5, 0.6) is 5.88 Å². The average molecular weight is 417 g/mol. The SMILES string of the molecule is CCC(=O)N(CCOc1ncc(C(F)(F)F)cc1Cl)c1cc(C(N)=O)ccn1. The molecule has 0 radical (unpaired) electrons. The lowest BCUT2D eigenvalue weighted by molar-refractivity contribution is -0.137. The predicted octanol–water partition coefficient (Wildman–Crippen LogP) is 3.07. The van der Waals surface area contributed by atoms with Gasteiger partial charge in [-0.2, -0.15) is 13.2 Å². The number of aromatic nitrogens is 2. The molecule has 7 nitrogen and oxygen atoms in total. The predicted molar refractivity (Wildman–Crippen MR) is 95.1 cm³/mol. The lowest BCUT2D eigenvalue weighted by atomic mass is 10.2. The molecule has 150 valence electrons. The van der Waals surface area contributed by atoms with Crippen LogP contribution in [0.2, 0.25) is 5.02 Å². The minimum atomic E-state index is -4.57. The van der Waals surface area contributed by atoms with Crippen LogP contribution in [0.1, 0.15) is 29.3 Å². The molecule has 2 N–H and O–H groups in total. The Balaban J connectivity index is 2.12. The van der Waals surface area contributed by atoms with Gasteiger partial charge >= 0.3 is 6.18 Å². The third-order valence-corrected chi connectivity index (χ3v) is 3.87. The Hall–Kier alpha value is -2.88. The summed E-state index contributed by atoms with van der Waals surface area (Å²) < 4.78 is 43.2. The van der Waals surface area contributed by atoms with Gasteiger partial charge in [-0.15, -0.1) is 0 Å². The Morgan fingerprint density at radius 1 is 1.29 bits per heavy atom. The van der Waals surface area contributed by atoms with Crippen molar-refractivity contribution < 1.29 is 27.5 Å². The molecule has 0 unspecified atom stereocenters. The first-order chi connectivity index (χ1) is 13.1. The quantitative estimate of drug-likeness (QED) is 0.748. The molecule has 0 spiro atoms. The molecule has 0 saturated heterocycles. The monoisotopic (exact) mass is 416 g/mol. The molecule has 0 saturated carbocycles. The number of nitrogens with two attached hydrogens (primary N) is 1. The summed E-state index contributed by atoms with van der Waals surface area (Å²) in [7, 11) is 0. The molecular weight excluding hydrogens is 401 g/mol. The van der Waals surface area contributed by atoms with E-state index in [2.05, 4.69) is 9.97 Å². The second kappa shape index (κ2) is 8.87. The van der Waals surface area contributed by atoms with Crippen LogP contribution in [0.25, 0.3) is 0 Å². The van der Waals surface area contributed by atoms with Gasteiger partial charge in [0.1, 0.15) is 17.4 Å². The highest BCUT2D eigenvalue weighted by Crippen LogP contribution is 2.33. The maximum atomic E-state index is 12.6. The Morgan fingerprint density at radius 2 is 2.00 bits per heavy atom. The Morgan fingerprint density at radius 3 is 2.57 bits per heavy atom. The number of primary amides is 1. The lowest BCUT2D eigenvalue weighted by Crippen LogP contribution is -2.35. The molecular formula is C17H16ClF3N4O3. The van der Waals surface area contributed by atoms with Crippen molar-refractivity contribution in [2.75, 3.05) is 18.1 Å². The zero-order valence-electron chi connectivity index (χ0n) is 14.7. The average Bonchev–Trinajstić information content (AvgIpc) is 2.65. The molecule has 28 heavy (non-hydrogen) atoms. The molecule has 2 aromatic rings. The molecule has 2 heterocycles. The first-order valence-electron chi connectivity index (χ1n) is 8.05. The van der Waals surface area contributed by atoms with E-state index in [1.54, 1.807) is 6.92 Å². The van der Waals surface area contributed by atoms with Crippen molar-refractivity contribution >= 4 is 29.2 Å². The van der Waals surface area contributed by atoms with Gasteiger partial charge in [0.25, 0.3) is 0 Å². The molecule has 2 amide bonds. The highest BCUT2D eigenvalue weighted by molar-refractivity contribution is 6.31. The number of rotatable bonds is 7. The van der Waals surface area contributed by atoms with Gasteiger partial charge in [0.15, 0.2) is 0 Å². The number of amides is 2. The lowest BCUT2D eigenvalue weighted by Gasteiger charge is -2.21. The van der Waals surface area contributed by atoms with E-state index in [-0.39, 0.29) is 47.8 Å². The third-order valence-electron chi connectivity index (χ3n) is 3.60. The summed E-state index contributed by atoms with van der Waals surface area (Å²) in [5.41, 5.74) is 4.40. The standard InChI is InChI=1S/C17H16ClF3N4O3/c1-2-14(26)25(13-7-10(15(22)27)3-4-23-13)5-6-28-16-12(18)8-11(9-24-16)17(19,20)21/h3-4,7-9H,2,5-6H2,1H3,(H2,22,27). The van der Waals surface area contributed by atoms with Crippen molar-refractivity contribution in [2.45, 2.75) is 19.5 Å². The molecule has 2 aromatic heterocycles. The van der Waals surface area contributed by atoms with E-state index in [9.17, 15) is 22.8 Å². The van der Waals surface area contributed by atoms with Gasteiger partial charge in [-0.25, -0.2) is 9.97 Å². The Kier molecular flexibility index (Phi) is 6.79. The van der Waals surface area contributed by atoms with Crippen LogP contribution in [0.15, 0.2) is 30.6 Å². The summed E-state index contributed by atoms with van der Waals surface area (Å²) in [5.74, 6) is -0.982. The number of carbonyl (C=O) groups excluding carboxylic acids is 2. The molecule has 0 aliphatic rings. The van der Waals surface area contributed by atoms with Gasteiger partial charge in [0.2, 0.25) is 17.7 Å². The van der Waals surface area contributed by atoms with E-state index >= 15 is 0 Å². The van der Waals surface area contributed by atoms with Gasteiger partial charge in [-0.1, -0.05) is 18.5 Å². The Labute approximate surface area is 163 Å². The molecule has 11 heteroatoms. The number of pyridine rings is 2. The number of anilines is 1. The normalized spacial score (nSPS) is 11.2. The molecule has 0 aliphatic heterocycles. The van der Waals surface area contributed by atoms with Gasteiger partial charge in [-0.3, -0.25) is 14.5 Å². The maximum absolute atomic E-state index is 12.6. The van der Waals surface area contributed by atoms with Crippen LogP contribution in [0.4, 0.5) is 19.0 Å². The zero-order chi connectivity index (χ0) is 20.9. The molecule has 0 aromatic carbocycles. The van der Waals surface area contributed by atoms with Gasteiger partial charge in [0, 0.05) is 24.4 Å². The van der Waals surface area contributed by atoms with Crippen LogP contribution in [0, 0.1) is 0 Å². The number of hydrogen-bond acceptors (Lipinski definition) is 5. The highest BCUT2D eigenvalue weighted by Gasteiger charge is 2.31. The van der Waals surface area contributed by atoms with E-state index in [1.165, 1.54) is 23.2 Å². The van der Waals surface area contributed by atoms with Crippen molar-refractivity contribution in [3.8, 4) is 5.88 Å². The number of carbonyl (C=O) groups is 2. The van der Waals surface area contributed by atoms with Crippen molar-refractivity contribution in [1.82, 2.24) is 9.97 Å². The van der Waals surface area contributed by atoms with Crippen LogP contribution in [-0.4, -0.2) is 34.9 Å². The molecule has 2 rings (SSSR count). The van der Waals surface area contributed by atoms with E-state index in [1.807, 2.05) is 0 Å². The number of nitrogens with zero attached hydrogens (tertiary/aromatic N) is 3. The minimum Gasteiger partial charge on any atom is -0.475 e. The number of alkyl halides is 3. The molecule has 0 atom stereocenters. The molecule has 0 fully saturated rings. The number of halogens is 4. The largest absolute Gasteiger partial charge is 0.475 e. The minimum absolute atomic E-state index is 0.000912. The third kappa shape index (κ3) is 5.32. The number of hydrogen-bond donors (Lipinski definition) is 1. The van der Waals surface area contributed by atoms with Crippen LogP contribution >= 0.6 is 11.6 Å². The fourth-order valence-electron chi connectivity index (χ4n) is 2.20. The van der Waals surface area contributed by atoms with Crippen molar-refractivity contribution in [2.24, 2.45) is 5.73 Å². The first-order valence-corrected chi connectivity index (χ1v) is 8.43. The highest BCUT2D eigenvalue weighted by atomic mass is 35.5. The zero-order valence-corrected chi connectivity index (χ0v) is 15.4. The second-order valence-electron chi connectivity index (χ2n) is 5.52. The van der Waals surface area contributed by atoms with Crippen molar-refractivity contribution in [3.05, 3.63) is 46.7 Å². The summed E-state index contributed by atoms with van der Waals surface area (Å²) in [6.45, 7) is 1.52. The smallest absolute Gasteiger partial charge is 0.417 e. The first kappa shape index (κ1) is 21.4. The topological polar surface area (TPSA) is 98.4 Å². The van der Waals surface area contributed by atoms with Crippen LogP contribution in [0.3, 0.4) is 0 Å². The second-order valence-corrected chi connectivity index (χ2v) is 5.93. The van der Waals surface area contributed by atoms with E-state index in [0.717, 1.165) is 0 Å². The van der Waals surface area contributed by atoms with E-state index in [4.69, 9.17) is 22.1 Å². The summed E-state index contributed by atoms with van der Waals surface area (Å²) in [6, 6.07) is 3.47. The summed E-state index contributed by atoms with van der Waals surface area (Å²) >= 11 is 5.78. The van der Waals surface area contributed by atoms with Crippen LogP contribution in [-0.2, 0) is 11.0 Å². The Bertz CT molecular complexity index is 877. The fourth-order valence-corrected chi connectivity index (χ4v) is 2.42. The van der Waals surface area contributed by atoms with Gasteiger partial charge in [0.05, 0.1) is 12.1 Å².